The summed E-state index contributed by atoms with van der Waals surface area (Å²) in [6, 6.07) is 2.92. The molecule has 18 heteroatoms. The Kier molecular flexibility index (Phi) is 14.7. The van der Waals surface area contributed by atoms with Crippen LogP contribution < -0.4 is 0 Å². The molecule has 1 aliphatic heterocycles. The van der Waals surface area contributed by atoms with Crippen molar-refractivity contribution in [1.82, 2.24) is 9.97 Å². The second kappa shape index (κ2) is 16.0. The Bertz CT molecular complexity index is 1220. The molecule has 2 aromatic rings. The van der Waals surface area contributed by atoms with E-state index in [0.717, 1.165) is 0 Å². The van der Waals surface area contributed by atoms with E-state index in [4.69, 9.17) is 37.6 Å². The maximum Gasteiger partial charge on any atom is 2.00 e. The van der Waals surface area contributed by atoms with E-state index in [1.165, 1.54) is 30.7 Å². The van der Waals surface area contributed by atoms with Gasteiger partial charge in [-0.2, -0.15) is 0 Å². The number of ether oxygens (including phenoxy) is 2. The molecule has 0 bridgehead atoms. The summed E-state index contributed by atoms with van der Waals surface area (Å²) in [6.45, 7) is 0.386. The van der Waals surface area contributed by atoms with Gasteiger partial charge in [0, 0.05) is 40.1 Å². The summed E-state index contributed by atoms with van der Waals surface area (Å²) in [6.07, 6.45) is 1.18. The van der Waals surface area contributed by atoms with Crippen LogP contribution in [0.5, 0.6) is 5.75 Å². The fourth-order valence-corrected chi connectivity index (χ4v) is 2.55. The molecule has 3 heterocycles. The van der Waals surface area contributed by atoms with Crippen LogP contribution in [-0.2, 0) is 57.4 Å². The Hall–Kier alpha value is -3.09. The van der Waals surface area contributed by atoms with Crippen molar-refractivity contribution in [3.63, 3.8) is 0 Å². The third-order valence-corrected chi connectivity index (χ3v) is 4.31. The summed E-state index contributed by atoms with van der Waals surface area (Å²) in [4.78, 5) is 30.6. The number of carbonyl (C=O) groups is 2. The first-order chi connectivity index (χ1) is 17.2. The van der Waals surface area contributed by atoms with Crippen LogP contribution in [0.15, 0.2) is 42.2 Å². The monoisotopic (exact) mass is 610 g/mol. The number of aliphatic hydroxyl groups excluding tert-OH is 5. The predicted molar refractivity (Wildman–Crippen MR) is 115 cm³/mol. The number of hydrogen-bond acceptors (Lipinski definition) is 16. The van der Waals surface area contributed by atoms with Gasteiger partial charge in [-0.15, -0.1) is 0 Å². The first kappa shape index (κ1) is 34.9. The van der Waals surface area contributed by atoms with Gasteiger partial charge in [0.1, 0.15) is 11.9 Å². The van der Waals surface area contributed by atoms with Crippen molar-refractivity contribution in [2.75, 3.05) is 6.61 Å². The summed E-state index contributed by atoms with van der Waals surface area (Å²) >= 11 is 0. The molecular weight excluding hydrogens is 590 g/mol. The van der Waals surface area contributed by atoms with Crippen LogP contribution in [0.1, 0.15) is 27.2 Å². The quantitative estimate of drug-likeness (QED) is 0.0893. The van der Waals surface area contributed by atoms with Crippen LogP contribution in [-0.4, -0.2) is 88.9 Å². The number of cyclic esters (lactones) is 1. The standard InChI is InChI=1S/C12H11NO7.C8H11NO3.H2O4S.Zn/c14-5-7(15)9-10(8(16)12(18)19-9)20-11(17)6-2-1-3-13-4-6;1-5-8(12)7(4-11)6(3-10)2-9-5;1-5(2,3)4;/h1-4,7,9,14-16H,5H2;2,10-12H,3-4H2,1H3;(H2,1,2,3,4);/q;;;+2/p-2. The minimum atomic E-state index is -5.17. The van der Waals surface area contributed by atoms with Gasteiger partial charge in [0.25, 0.3) is 0 Å². The van der Waals surface area contributed by atoms with Gasteiger partial charge < -0.3 is 49.2 Å². The molecule has 2 aromatic heterocycles. The molecule has 2 atom stereocenters. The Balaban J connectivity index is 0.000000647. The number of nitrogens with zero attached hydrogens (tertiary/aromatic N) is 2. The van der Waals surface area contributed by atoms with Crippen LogP contribution in [0.3, 0.4) is 0 Å². The summed E-state index contributed by atoms with van der Waals surface area (Å²) in [5.74, 6) is -3.52. The van der Waals surface area contributed by atoms with Crippen LogP contribution >= 0.6 is 0 Å². The average Bonchev–Trinajstić information content (AvgIpc) is 3.13. The molecule has 0 saturated carbocycles. The van der Waals surface area contributed by atoms with Gasteiger partial charge in [-0.25, -0.2) is 9.59 Å². The van der Waals surface area contributed by atoms with E-state index in [9.17, 15) is 24.9 Å². The Labute approximate surface area is 228 Å². The zero-order valence-electron chi connectivity index (χ0n) is 19.6. The zero-order chi connectivity index (χ0) is 28.3. The van der Waals surface area contributed by atoms with Crippen LogP contribution in [0, 0.1) is 6.92 Å². The molecule has 0 aromatic carbocycles. The molecule has 1 aliphatic rings. The SMILES string of the molecule is Cc1ncc(CO)c(CO)c1O.O=C1OC(C(O)CO)C(OC(=O)c2cccnc2)=C1O.O=S(=O)([O-])[O-].[Zn+2]. The third kappa shape index (κ3) is 10.7. The zero-order valence-corrected chi connectivity index (χ0v) is 23.4. The van der Waals surface area contributed by atoms with E-state index in [-0.39, 0.29) is 44.0 Å². The summed E-state index contributed by atoms with van der Waals surface area (Å²) in [5.41, 5.74) is 1.35. The van der Waals surface area contributed by atoms with E-state index in [1.54, 1.807) is 6.92 Å². The van der Waals surface area contributed by atoms with Gasteiger partial charge in [0.15, 0.2) is 6.10 Å². The molecule has 6 N–H and O–H groups in total. The van der Waals surface area contributed by atoms with Crippen molar-refractivity contribution in [3.05, 3.63) is 64.6 Å². The maximum atomic E-state index is 11.8. The van der Waals surface area contributed by atoms with Gasteiger partial charge in [-0.1, -0.05) is 0 Å². The van der Waals surface area contributed by atoms with Crippen LogP contribution in [0.2, 0.25) is 0 Å². The molecule has 38 heavy (non-hydrogen) atoms. The molecule has 2 unspecified atom stereocenters. The molecule has 3 rings (SSSR count). The number of carbonyl (C=O) groups excluding carboxylic acids is 2. The largest absolute Gasteiger partial charge is 2.00 e. The predicted octanol–water partition coefficient (Wildman–Crippen LogP) is -1.97. The van der Waals surface area contributed by atoms with E-state index in [2.05, 4.69) is 14.7 Å². The van der Waals surface area contributed by atoms with Crippen LogP contribution in [0.25, 0.3) is 0 Å². The van der Waals surface area contributed by atoms with E-state index in [0.29, 0.717) is 16.8 Å². The van der Waals surface area contributed by atoms with Gasteiger partial charge in [0.05, 0.1) is 31.1 Å². The number of hydrogen-bond donors (Lipinski definition) is 6. The topological polar surface area (TPSA) is 280 Å². The molecular formula is C20H22N2O14SZn. The van der Waals surface area contributed by atoms with Gasteiger partial charge in [-0.05, 0) is 19.1 Å². The summed E-state index contributed by atoms with van der Waals surface area (Å²) < 4.78 is 43.5. The van der Waals surface area contributed by atoms with Crippen LogP contribution in [0.4, 0.5) is 0 Å². The average molecular weight is 612 g/mol. The Morgan fingerprint density at radius 2 is 1.79 bits per heavy atom. The number of aromatic hydroxyl groups is 1. The number of pyridine rings is 2. The molecule has 0 aliphatic carbocycles. The van der Waals surface area contributed by atoms with Crippen molar-refractivity contribution >= 4 is 22.3 Å². The number of rotatable bonds is 6. The second-order valence-electron chi connectivity index (χ2n) is 6.84. The molecule has 0 radical (unpaired) electrons. The minimum absolute atomic E-state index is 0. The second-order valence-corrected chi connectivity index (χ2v) is 7.66. The normalized spacial score (nSPS) is 15.1. The van der Waals surface area contributed by atoms with E-state index in [1.807, 2.05) is 0 Å². The first-order valence-corrected chi connectivity index (χ1v) is 11.2. The van der Waals surface area contributed by atoms with Crippen molar-refractivity contribution < 1.29 is 86.7 Å². The molecule has 16 nitrogen and oxygen atoms in total. The number of aryl methyl sites for hydroxylation is 1. The fourth-order valence-electron chi connectivity index (χ4n) is 2.55. The minimum Gasteiger partial charge on any atom is -0.759 e. The van der Waals surface area contributed by atoms with Crippen molar-refractivity contribution in [1.29, 1.82) is 0 Å². The van der Waals surface area contributed by atoms with Gasteiger partial charge >= 0.3 is 31.4 Å². The number of aromatic nitrogens is 2. The van der Waals surface area contributed by atoms with Gasteiger partial charge in [-0.3, -0.25) is 18.4 Å². The fraction of sp³-hybridized carbons (Fsp3) is 0.300. The number of aliphatic hydroxyl groups is 5. The number of esters is 2. The van der Waals surface area contributed by atoms with Gasteiger partial charge in [0.2, 0.25) is 11.5 Å². The third-order valence-electron chi connectivity index (χ3n) is 4.31. The van der Waals surface area contributed by atoms with E-state index < -0.39 is 52.7 Å². The first-order valence-electron chi connectivity index (χ1n) is 9.85. The molecule has 0 spiro atoms. The molecule has 0 fully saturated rings. The maximum absolute atomic E-state index is 11.8. The van der Waals surface area contributed by atoms with E-state index >= 15 is 0 Å². The van der Waals surface area contributed by atoms with Crippen molar-refractivity contribution in [2.24, 2.45) is 0 Å². The summed E-state index contributed by atoms with van der Waals surface area (Å²) in [7, 11) is -5.17. The molecule has 204 valence electrons. The molecule has 0 saturated heterocycles. The summed E-state index contributed by atoms with van der Waals surface area (Å²) in [5, 5.41) is 54.8. The smallest absolute Gasteiger partial charge is 0.759 e. The molecule has 0 amide bonds. The Morgan fingerprint density at radius 1 is 1.18 bits per heavy atom. The van der Waals surface area contributed by atoms with Crippen molar-refractivity contribution in [3.8, 4) is 5.75 Å². The Morgan fingerprint density at radius 3 is 2.26 bits per heavy atom. The van der Waals surface area contributed by atoms with Crippen molar-refractivity contribution in [2.45, 2.75) is 32.3 Å².